The molecule has 0 radical (unpaired) electrons. The Bertz CT molecular complexity index is 1220. The summed E-state index contributed by atoms with van der Waals surface area (Å²) in [5, 5.41) is 0. The lowest BCUT2D eigenvalue weighted by atomic mass is 9.91. The molecule has 1 unspecified atom stereocenters. The smallest absolute Gasteiger partial charge is 0.496 e. The van der Waals surface area contributed by atoms with Gasteiger partial charge in [0.1, 0.15) is 11.5 Å². The summed E-state index contributed by atoms with van der Waals surface area (Å²) in [5.74, 6) is 0.343. The van der Waals surface area contributed by atoms with Crippen LogP contribution in [0, 0.1) is 0 Å². The zero-order valence-corrected chi connectivity index (χ0v) is 22.4. The zero-order chi connectivity index (χ0) is 27.9. The van der Waals surface area contributed by atoms with E-state index in [1.54, 1.807) is 19.2 Å². The fourth-order valence-electron chi connectivity index (χ4n) is 4.41. The number of hydrogen-bond acceptors (Lipinski definition) is 4. The largest absolute Gasteiger partial charge is 0.573 e. The van der Waals surface area contributed by atoms with Gasteiger partial charge < -0.3 is 19.3 Å². The normalized spacial score (nSPS) is 12.0. The van der Waals surface area contributed by atoms with Gasteiger partial charge in [-0.1, -0.05) is 62.5 Å². The summed E-state index contributed by atoms with van der Waals surface area (Å²) in [7, 11) is 5.53. The van der Waals surface area contributed by atoms with E-state index in [1.807, 2.05) is 66.4 Å². The topological polar surface area (TPSA) is 24.9 Å². The number of likely N-dealkylation sites (N-methyl/N-ethyl adjacent to an activating group) is 1. The van der Waals surface area contributed by atoms with Crippen LogP contribution in [0.3, 0.4) is 0 Å². The Hall–Kier alpha value is -3.87. The SMILES string of the molecule is C=C(C(C(=C)N(CCc1ccc(OC)c(CC)c1)c1ccc(OC(F)(F)F)cc1)c1ccccc1)N(C)C. The van der Waals surface area contributed by atoms with Crippen molar-refractivity contribution in [3.8, 4) is 11.5 Å². The quantitative estimate of drug-likeness (QED) is 0.244. The molecule has 0 saturated carbocycles. The average Bonchev–Trinajstić information content (AvgIpc) is 2.89. The second-order valence-corrected chi connectivity index (χ2v) is 9.16. The Kier molecular flexibility index (Phi) is 9.50. The number of halogens is 3. The molecule has 0 amide bonds. The minimum absolute atomic E-state index is 0.237. The van der Waals surface area contributed by atoms with Crippen LogP contribution in [0.25, 0.3) is 0 Å². The van der Waals surface area contributed by atoms with Crippen molar-refractivity contribution in [2.45, 2.75) is 32.0 Å². The fraction of sp³-hybridized carbons (Fsp3) is 0.290. The van der Waals surface area contributed by atoms with E-state index < -0.39 is 6.36 Å². The van der Waals surface area contributed by atoms with E-state index in [0.29, 0.717) is 18.7 Å². The summed E-state index contributed by atoms with van der Waals surface area (Å²) in [6, 6.07) is 22.0. The lowest BCUT2D eigenvalue weighted by Crippen LogP contribution is -2.31. The highest BCUT2D eigenvalue weighted by molar-refractivity contribution is 5.57. The molecule has 3 aromatic rings. The molecule has 0 heterocycles. The molecule has 202 valence electrons. The van der Waals surface area contributed by atoms with Crippen LogP contribution in [0.1, 0.15) is 29.5 Å². The van der Waals surface area contributed by atoms with E-state index in [9.17, 15) is 13.2 Å². The van der Waals surface area contributed by atoms with Crippen molar-refractivity contribution in [2.24, 2.45) is 0 Å². The zero-order valence-electron chi connectivity index (χ0n) is 22.4. The van der Waals surface area contributed by atoms with E-state index in [1.165, 1.54) is 12.1 Å². The van der Waals surface area contributed by atoms with Crippen molar-refractivity contribution < 1.29 is 22.6 Å². The monoisotopic (exact) mass is 524 g/mol. The summed E-state index contributed by atoms with van der Waals surface area (Å²) in [6.45, 7) is 11.4. The van der Waals surface area contributed by atoms with Gasteiger partial charge >= 0.3 is 6.36 Å². The number of benzene rings is 3. The van der Waals surface area contributed by atoms with Gasteiger partial charge in [-0.25, -0.2) is 0 Å². The third kappa shape index (κ3) is 7.34. The summed E-state index contributed by atoms with van der Waals surface area (Å²) >= 11 is 0. The summed E-state index contributed by atoms with van der Waals surface area (Å²) in [4.78, 5) is 4.00. The fourth-order valence-corrected chi connectivity index (χ4v) is 4.41. The van der Waals surface area contributed by atoms with Crippen LogP contribution in [0.5, 0.6) is 11.5 Å². The van der Waals surface area contributed by atoms with Gasteiger partial charge in [0, 0.05) is 37.7 Å². The van der Waals surface area contributed by atoms with Crippen molar-refractivity contribution in [3.05, 3.63) is 114 Å². The number of nitrogens with zero attached hydrogens (tertiary/aromatic N) is 2. The first kappa shape index (κ1) is 28.7. The number of methoxy groups -OCH3 is 1. The highest BCUT2D eigenvalue weighted by Crippen LogP contribution is 2.36. The molecule has 0 aliphatic carbocycles. The van der Waals surface area contributed by atoms with Gasteiger partial charge in [0.15, 0.2) is 0 Å². The number of alkyl halides is 3. The maximum absolute atomic E-state index is 12.7. The van der Waals surface area contributed by atoms with Crippen LogP contribution in [0.2, 0.25) is 0 Å². The number of anilines is 1. The number of aryl methyl sites for hydroxylation is 1. The van der Waals surface area contributed by atoms with Crippen LogP contribution in [0.4, 0.5) is 18.9 Å². The molecule has 7 heteroatoms. The third-order valence-corrected chi connectivity index (χ3v) is 6.45. The summed E-state index contributed by atoms with van der Waals surface area (Å²) in [5.41, 5.74) is 5.59. The molecule has 3 rings (SSSR count). The van der Waals surface area contributed by atoms with Crippen LogP contribution in [-0.4, -0.2) is 39.0 Å². The molecule has 0 spiro atoms. The minimum atomic E-state index is -4.75. The number of rotatable bonds is 12. The van der Waals surface area contributed by atoms with E-state index in [0.717, 1.165) is 40.3 Å². The highest BCUT2D eigenvalue weighted by atomic mass is 19.4. The van der Waals surface area contributed by atoms with Gasteiger partial charge in [0.05, 0.1) is 13.0 Å². The molecule has 3 aromatic carbocycles. The molecule has 0 N–H and O–H groups in total. The van der Waals surface area contributed by atoms with Crippen LogP contribution >= 0.6 is 0 Å². The van der Waals surface area contributed by atoms with Crippen molar-refractivity contribution in [1.82, 2.24) is 4.90 Å². The van der Waals surface area contributed by atoms with Gasteiger partial charge in [-0.15, -0.1) is 13.2 Å². The van der Waals surface area contributed by atoms with Crippen molar-refractivity contribution in [3.63, 3.8) is 0 Å². The Labute approximate surface area is 223 Å². The van der Waals surface area contributed by atoms with Crippen molar-refractivity contribution in [1.29, 1.82) is 0 Å². The predicted octanol–water partition coefficient (Wildman–Crippen LogP) is 7.58. The van der Waals surface area contributed by atoms with Gasteiger partial charge in [0.2, 0.25) is 0 Å². The molecular formula is C31H35F3N2O2. The molecule has 0 aliphatic rings. The standard InChI is InChI=1S/C31H35F3N2O2/c1-7-25-21-24(13-18-29(25)37-6)19-20-36(27-14-16-28(17-15-27)38-31(32,33)34)23(3)30(22(2)35(4)5)26-11-9-8-10-12-26/h8-18,21,30H,2-3,7,19-20H2,1,4-6H3. The van der Waals surface area contributed by atoms with E-state index in [2.05, 4.69) is 30.9 Å². The second kappa shape index (κ2) is 12.6. The molecule has 4 nitrogen and oxygen atoms in total. The lowest BCUT2D eigenvalue weighted by molar-refractivity contribution is -0.274. The average molecular weight is 525 g/mol. The number of hydrogen-bond donors (Lipinski definition) is 0. The molecular weight excluding hydrogens is 489 g/mol. The Balaban J connectivity index is 1.99. The predicted molar refractivity (Wildman–Crippen MR) is 148 cm³/mol. The lowest BCUT2D eigenvalue weighted by Gasteiger charge is -2.35. The van der Waals surface area contributed by atoms with Crippen molar-refractivity contribution >= 4 is 5.69 Å². The number of ether oxygens (including phenoxy) is 2. The maximum atomic E-state index is 12.7. The van der Waals surface area contributed by atoms with Gasteiger partial charge in [-0.3, -0.25) is 0 Å². The van der Waals surface area contributed by atoms with E-state index in [4.69, 9.17) is 4.74 Å². The van der Waals surface area contributed by atoms with Crippen LogP contribution in [-0.2, 0) is 12.8 Å². The summed E-state index contributed by atoms with van der Waals surface area (Å²) < 4.78 is 47.8. The molecule has 0 aromatic heterocycles. The summed E-state index contributed by atoms with van der Waals surface area (Å²) in [6.07, 6.45) is -3.22. The Morgan fingerprint density at radius 3 is 2.13 bits per heavy atom. The van der Waals surface area contributed by atoms with Gasteiger partial charge in [-0.05, 0) is 59.9 Å². The first-order valence-electron chi connectivity index (χ1n) is 12.4. The molecule has 0 saturated heterocycles. The second-order valence-electron chi connectivity index (χ2n) is 9.16. The Morgan fingerprint density at radius 1 is 0.921 bits per heavy atom. The molecule has 38 heavy (non-hydrogen) atoms. The molecule has 0 aliphatic heterocycles. The molecule has 0 fully saturated rings. The first-order valence-corrected chi connectivity index (χ1v) is 12.4. The van der Waals surface area contributed by atoms with E-state index >= 15 is 0 Å². The molecule has 1 atom stereocenters. The first-order chi connectivity index (χ1) is 18.0. The molecule has 0 bridgehead atoms. The maximum Gasteiger partial charge on any atom is 0.573 e. The highest BCUT2D eigenvalue weighted by Gasteiger charge is 2.31. The third-order valence-electron chi connectivity index (χ3n) is 6.45. The minimum Gasteiger partial charge on any atom is -0.496 e. The van der Waals surface area contributed by atoms with E-state index in [-0.39, 0.29) is 11.7 Å². The van der Waals surface area contributed by atoms with Crippen molar-refractivity contribution in [2.75, 3.05) is 32.6 Å². The van der Waals surface area contributed by atoms with Gasteiger partial charge in [0.25, 0.3) is 0 Å². The van der Waals surface area contributed by atoms with Crippen LogP contribution < -0.4 is 14.4 Å². The van der Waals surface area contributed by atoms with Gasteiger partial charge in [-0.2, -0.15) is 0 Å². The van der Waals surface area contributed by atoms with Crippen LogP contribution in [0.15, 0.2) is 97.3 Å². The Morgan fingerprint density at radius 2 is 1.58 bits per heavy atom.